The molecule has 4 heteroatoms. The highest BCUT2D eigenvalue weighted by atomic mass is 16.7. The Bertz CT molecular complexity index is 418. The molecule has 2 rings (SSSR count). The quantitative estimate of drug-likeness (QED) is 0.873. The number of hydrogen-bond donors (Lipinski definition) is 1. The van der Waals surface area contributed by atoms with Crippen molar-refractivity contribution in [3.63, 3.8) is 0 Å². The lowest BCUT2D eigenvalue weighted by atomic mass is 10.1. The third kappa shape index (κ3) is 2.88. The van der Waals surface area contributed by atoms with Crippen molar-refractivity contribution in [2.75, 3.05) is 6.79 Å². The fourth-order valence-electron chi connectivity index (χ4n) is 1.88. The van der Waals surface area contributed by atoms with E-state index in [1.54, 1.807) is 0 Å². The van der Waals surface area contributed by atoms with E-state index in [4.69, 9.17) is 19.9 Å². The summed E-state index contributed by atoms with van der Waals surface area (Å²) in [6, 6.07) is 3.97. The molecule has 0 amide bonds. The monoisotopic (exact) mass is 251 g/mol. The van der Waals surface area contributed by atoms with Crippen molar-refractivity contribution in [1.29, 1.82) is 0 Å². The highest BCUT2D eigenvalue weighted by Gasteiger charge is 2.19. The third-order valence-electron chi connectivity index (χ3n) is 3.00. The predicted octanol–water partition coefficient (Wildman–Crippen LogP) is 2.48. The number of ether oxygens (including phenoxy) is 3. The van der Waals surface area contributed by atoms with Crippen molar-refractivity contribution < 1.29 is 14.2 Å². The molecule has 0 spiro atoms. The molecule has 0 bridgehead atoms. The number of rotatable bonds is 5. The fraction of sp³-hybridized carbons (Fsp3) is 0.571. The molecule has 1 aliphatic heterocycles. The zero-order chi connectivity index (χ0) is 13.1. The summed E-state index contributed by atoms with van der Waals surface area (Å²) in [6.07, 6.45) is 1.91. The second kappa shape index (κ2) is 5.48. The maximum Gasteiger partial charge on any atom is 0.231 e. The first-order chi connectivity index (χ1) is 8.60. The summed E-state index contributed by atoms with van der Waals surface area (Å²) in [5.41, 5.74) is 6.95. The Balaban J connectivity index is 2.29. The van der Waals surface area contributed by atoms with Gasteiger partial charge < -0.3 is 19.9 Å². The molecule has 0 saturated heterocycles. The molecule has 1 aromatic carbocycles. The van der Waals surface area contributed by atoms with Crippen molar-refractivity contribution in [3.8, 4) is 17.2 Å². The smallest absolute Gasteiger partial charge is 0.231 e. The van der Waals surface area contributed by atoms with Crippen molar-refractivity contribution in [1.82, 2.24) is 0 Å². The first-order valence-corrected chi connectivity index (χ1v) is 6.45. The highest BCUT2D eigenvalue weighted by Crippen LogP contribution is 2.39. The lowest BCUT2D eigenvalue weighted by Gasteiger charge is -2.17. The van der Waals surface area contributed by atoms with Crippen molar-refractivity contribution in [3.05, 3.63) is 17.7 Å². The summed E-state index contributed by atoms with van der Waals surface area (Å²) in [5, 5.41) is 0. The molecule has 100 valence electrons. The molecule has 0 aliphatic carbocycles. The second-order valence-electron chi connectivity index (χ2n) is 4.83. The summed E-state index contributed by atoms with van der Waals surface area (Å²) >= 11 is 0. The summed E-state index contributed by atoms with van der Waals surface area (Å²) in [5.74, 6) is 2.38. The zero-order valence-electron chi connectivity index (χ0n) is 11.2. The summed E-state index contributed by atoms with van der Waals surface area (Å²) in [6.45, 7) is 6.42. The van der Waals surface area contributed by atoms with Gasteiger partial charge in [-0.25, -0.2) is 0 Å². The van der Waals surface area contributed by atoms with E-state index in [1.807, 2.05) is 19.1 Å². The average Bonchev–Trinajstić information content (AvgIpc) is 2.75. The van der Waals surface area contributed by atoms with Gasteiger partial charge in [0.05, 0.1) is 6.10 Å². The van der Waals surface area contributed by atoms with Gasteiger partial charge in [0, 0.05) is 12.1 Å². The molecule has 0 radical (unpaired) electrons. The largest absolute Gasteiger partial charge is 0.490 e. The average molecular weight is 251 g/mol. The Morgan fingerprint density at radius 1 is 1.28 bits per heavy atom. The second-order valence-corrected chi connectivity index (χ2v) is 4.83. The Hall–Kier alpha value is -1.42. The number of benzene rings is 1. The van der Waals surface area contributed by atoms with E-state index in [-0.39, 0.29) is 18.9 Å². The van der Waals surface area contributed by atoms with E-state index in [0.717, 1.165) is 35.7 Å². The molecule has 0 fully saturated rings. The van der Waals surface area contributed by atoms with Gasteiger partial charge in [-0.2, -0.15) is 0 Å². The van der Waals surface area contributed by atoms with Crippen molar-refractivity contribution in [2.24, 2.45) is 5.73 Å². The van der Waals surface area contributed by atoms with Gasteiger partial charge in [-0.1, -0.05) is 6.92 Å². The van der Waals surface area contributed by atoms with E-state index in [0.29, 0.717) is 0 Å². The van der Waals surface area contributed by atoms with Crippen LogP contribution in [0, 0.1) is 0 Å². The van der Waals surface area contributed by atoms with Crippen molar-refractivity contribution in [2.45, 2.75) is 45.8 Å². The number of nitrogens with two attached hydrogens (primary N) is 1. The normalized spacial score (nSPS) is 16.4. The van der Waals surface area contributed by atoms with Gasteiger partial charge in [0.1, 0.15) is 5.75 Å². The van der Waals surface area contributed by atoms with E-state index < -0.39 is 0 Å². The van der Waals surface area contributed by atoms with Gasteiger partial charge in [0.15, 0.2) is 11.5 Å². The van der Waals surface area contributed by atoms with Crippen LogP contribution in [-0.4, -0.2) is 18.9 Å². The SMILES string of the molecule is CCC(C)Oc1cc2c(cc1CC(C)N)OCO2. The number of hydrogen-bond acceptors (Lipinski definition) is 4. The molecule has 2 atom stereocenters. The molecule has 2 unspecified atom stereocenters. The van der Waals surface area contributed by atoms with Crippen LogP contribution in [0.15, 0.2) is 12.1 Å². The van der Waals surface area contributed by atoms with E-state index >= 15 is 0 Å². The lowest BCUT2D eigenvalue weighted by Crippen LogP contribution is -2.19. The van der Waals surface area contributed by atoms with Crippen LogP contribution in [0.5, 0.6) is 17.2 Å². The van der Waals surface area contributed by atoms with Gasteiger partial charge in [-0.3, -0.25) is 0 Å². The van der Waals surface area contributed by atoms with Gasteiger partial charge in [-0.05, 0) is 38.3 Å². The van der Waals surface area contributed by atoms with Gasteiger partial charge in [-0.15, -0.1) is 0 Å². The third-order valence-corrected chi connectivity index (χ3v) is 3.00. The Morgan fingerprint density at radius 3 is 2.56 bits per heavy atom. The standard InChI is InChI=1S/C14H21NO3/c1-4-10(3)18-12-7-14-13(16-8-17-14)6-11(12)5-9(2)15/h6-7,9-10H,4-5,8,15H2,1-3H3. The van der Waals surface area contributed by atoms with Crippen LogP contribution in [0.3, 0.4) is 0 Å². The molecule has 2 N–H and O–H groups in total. The molecule has 4 nitrogen and oxygen atoms in total. The topological polar surface area (TPSA) is 53.7 Å². The molecular weight excluding hydrogens is 230 g/mol. The molecule has 1 aliphatic rings. The number of fused-ring (bicyclic) bond motifs is 1. The highest BCUT2D eigenvalue weighted by molar-refractivity contribution is 5.52. The van der Waals surface area contributed by atoms with Gasteiger partial charge in [0.2, 0.25) is 6.79 Å². The molecule has 18 heavy (non-hydrogen) atoms. The fourth-order valence-corrected chi connectivity index (χ4v) is 1.88. The lowest BCUT2D eigenvalue weighted by molar-refractivity contribution is 0.173. The van der Waals surface area contributed by atoms with Crippen LogP contribution in [0.25, 0.3) is 0 Å². The predicted molar refractivity (Wildman–Crippen MR) is 70.3 cm³/mol. The minimum atomic E-state index is 0.0876. The summed E-state index contributed by atoms with van der Waals surface area (Å²) in [4.78, 5) is 0. The van der Waals surface area contributed by atoms with Gasteiger partial charge in [0.25, 0.3) is 0 Å². The molecular formula is C14H21NO3. The maximum absolute atomic E-state index is 5.93. The van der Waals surface area contributed by atoms with Gasteiger partial charge >= 0.3 is 0 Å². The molecule has 0 aromatic heterocycles. The summed E-state index contributed by atoms with van der Waals surface area (Å²) < 4.78 is 16.7. The Kier molecular flexibility index (Phi) is 3.97. The minimum Gasteiger partial charge on any atom is -0.490 e. The Labute approximate surface area is 108 Å². The van der Waals surface area contributed by atoms with E-state index in [1.165, 1.54) is 0 Å². The van der Waals surface area contributed by atoms with Crippen molar-refractivity contribution >= 4 is 0 Å². The summed E-state index contributed by atoms with van der Waals surface area (Å²) in [7, 11) is 0. The molecule has 1 heterocycles. The van der Waals surface area contributed by atoms with E-state index in [2.05, 4.69) is 13.8 Å². The van der Waals surface area contributed by atoms with Crippen LogP contribution in [0.4, 0.5) is 0 Å². The van der Waals surface area contributed by atoms with Crippen LogP contribution in [0.2, 0.25) is 0 Å². The zero-order valence-corrected chi connectivity index (χ0v) is 11.2. The van der Waals surface area contributed by atoms with Crippen LogP contribution < -0.4 is 19.9 Å². The Morgan fingerprint density at radius 2 is 1.94 bits per heavy atom. The minimum absolute atomic E-state index is 0.0876. The molecule has 1 aromatic rings. The molecule has 0 saturated carbocycles. The maximum atomic E-state index is 5.93. The first-order valence-electron chi connectivity index (χ1n) is 6.45. The van der Waals surface area contributed by atoms with E-state index in [9.17, 15) is 0 Å². The first kappa shape index (κ1) is 13.0. The van der Waals surface area contributed by atoms with Crippen LogP contribution in [0.1, 0.15) is 32.8 Å². The van der Waals surface area contributed by atoms with Crippen LogP contribution in [-0.2, 0) is 6.42 Å². The van der Waals surface area contributed by atoms with Crippen LogP contribution >= 0.6 is 0 Å².